The van der Waals surface area contributed by atoms with Crippen molar-refractivity contribution >= 4 is 28.3 Å². The fourth-order valence-corrected chi connectivity index (χ4v) is 3.81. The van der Waals surface area contributed by atoms with Crippen LogP contribution in [0.4, 0.5) is 9.80 Å². The maximum Gasteiger partial charge on any atom is 0.341 e. The van der Waals surface area contributed by atoms with Crippen LogP contribution >= 0.6 is 11.3 Å². The Morgan fingerprint density at radius 1 is 1.41 bits per heavy atom. The van der Waals surface area contributed by atoms with Gasteiger partial charge < -0.3 is 14.5 Å². The van der Waals surface area contributed by atoms with E-state index in [0.717, 1.165) is 29.7 Å². The van der Waals surface area contributed by atoms with Crippen molar-refractivity contribution in [1.29, 1.82) is 0 Å². The van der Waals surface area contributed by atoms with Gasteiger partial charge in [0, 0.05) is 4.88 Å². The van der Waals surface area contributed by atoms with Crippen molar-refractivity contribution in [2.45, 2.75) is 25.8 Å². The van der Waals surface area contributed by atoms with E-state index < -0.39 is 5.97 Å². The Balaban J connectivity index is 1.72. The third kappa shape index (κ3) is 2.85. The number of urea groups is 1. The first-order valence-electron chi connectivity index (χ1n) is 6.99. The van der Waals surface area contributed by atoms with Crippen molar-refractivity contribution in [2.24, 2.45) is 0 Å². The topological polar surface area (TPSA) is 80.6 Å². The van der Waals surface area contributed by atoms with Gasteiger partial charge in [-0.1, -0.05) is 0 Å². The zero-order valence-corrected chi connectivity index (χ0v) is 12.9. The average Bonchev–Trinajstić information content (AvgIpc) is 3.21. The van der Waals surface area contributed by atoms with Crippen molar-refractivity contribution in [3.63, 3.8) is 0 Å². The second-order valence-corrected chi connectivity index (χ2v) is 6.05. The number of hydrogen-bond donors (Lipinski definition) is 2. The summed E-state index contributed by atoms with van der Waals surface area (Å²) < 4.78 is 9.99. The normalized spacial score (nSPS) is 12.8. The van der Waals surface area contributed by atoms with Crippen LogP contribution in [0, 0.1) is 0 Å². The SMILES string of the molecule is COC(=O)c1c(NC(=O)NCc2ccco2)sc2c1CCC2. The first kappa shape index (κ1) is 14.6. The zero-order valence-electron chi connectivity index (χ0n) is 12.1. The standard InChI is InChI=1S/C15H16N2O4S/c1-20-14(18)12-10-5-2-6-11(10)22-13(12)17-15(19)16-8-9-4-3-7-21-9/h3-4,7H,2,5-6,8H2,1H3,(H2,16,17,19). The monoisotopic (exact) mass is 320 g/mol. The molecule has 0 spiro atoms. The lowest BCUT2D eigenvalue weighted by Gasteiger charge is -2.07. The molecule has 2 aromatic rings. The Hall–Kier alpha value is -2.28. The Kier molecular flexibility index (Phi) is 4.15. The molecule has 2 N–H and O–H groups in total. The fraction of sp³-hybridized carbons (Fsp3) is 0.333. The number of aryl methyl sites for hydroxylation is 1. The van der Waals surface area contributed by atoms with Crippen LogP contribution in [0.5, 0.6) is 0 Å². The van der Waals surface area contributed by atoms with E-state index in [4.69, 9.17) is 9.15 Å². The van der Waals surface area contributed by atoms with Gasteiger partial charge in [0.1, 0.15) is 10.8 Å². The van der Waals surface area contributed by atoms with Crippen molar-refractivity contribution in [1.82, 2.24) is 5.32 Å². The van der Waals surface area contributed by atoms with E-state index in [9.17, 15) is 9.59 Å². The third-order valence-corrected chi connectivity index (χ3v) is 4.75. The summed E-state index contributed by atoms with van der Waals surface area (Å²) in [4.78, 5) is 25.1. The predicted octanol–water partition coefficient (Wildman–Crippen LogP) is 2.94. The van der Waals surface area contributed by atoms with Crippen LogP contribution in [0.2, 0.25) is 0 Å². The summed E-state index contributed by atoms with van der Waals surface area (Å²) in [5, 5.41) is 5.99. The molecular formula is C15H16N2O4S. The highest BCUT2D eigenvalue weighted by atomic mass is 32.1. The molecule has 0 aliphatic heterocycles. The van der Waals surface area contributed by atoms with Gasteiger partial charge in [0.25, 0.3) is 0 Å². The Labute approximate surface area is 131 Å². The number of rotatable bonds is 4. The minimum atomic E-state index is -0.402. The van der Waals surface area contributed by atoms with Gasteiger partial charge >= 0.3 is 12.0 Å². The number of methoxy groups -OCH3 is 1. The molecule has 7 heteroatoms. The van der Waals surface area contributed by atoms with Crippen LogP contribution in [-0.2, 0) is 24.1 Å². The molecule has 0 radical (unpaired) electrons. The minimum absolute atomic E-state index is 0.289. The molecule has 0 bridgehead atoms. The summed E-state index contributed by atoms with van der Waals surface area (Å²) in [6, 6.07) is 3.16. The van der Waals surface area contributed by atoms with E-state index in [2.05, 4.69) is 10.6 Å². The summed E-state index contributed by atoms with van der Waals surface area (Å²) in [7, 11) is 1.35. The van der Waals surface area contributed by atoms with Crippen LogP contribution < -0.4 is 10.6 Å². The van der Waals surface area contributed by atoms with Gasteiger partial charge in [-0.05, 0) is 37.0 Å². The van der Waals surface area contributed by atoms with Crippen LogP contribution in [0.15, 0.2) is 22.8 Å². The smallest absolute Gasteiger partial charge is 0.341 e. The Morgan fingerprint density at radius 3 is 3.00 bits per heavy atom. The van der Waals surface area contributed by atoms with Crippen LogP contribution in [0.3, 0.4) is 0 Å². The highest BCUT2D eigenvalue weighted by Gasteiger charge is 2.27. The van der Waals surface area contributed by atoms with E-state index in [0.29, 0.717) is 16.3 Å². The van der Waals surface area contributed by atoms with E-state index >= 15 is 0 Å². The largest absolute Gasteiger partial charge is 0.467 e. The number of furan rings is 1. The zero-order chi connectivity index (χ0) is 15.5. The molecule has 0 atom stereocenters. The highest BCUT2D eigenvalue weighted by Crippen LogP contribution is 2.39. The van der Waals surface area contributed by atoms with Gasteiger partial charge in [0.2, 0.25) is 0 Å². The number of nitrogens with one attached hydrogen (secondary N) is 2. The summed E-state index contributed by atoms with van der Waals surface area (Å²) in [6.07, 6.45) is 4.38. The molecule has 6 nitrogen and oxygen atoms in total. The molecule has 0 fully saturated rings. The minimum Gasteiger partial charge on any atom is -0.467 e. The first-order valence-corrected chi connectivity index (χ1v) is 7.80. The van der Waals surface area contributed by atoms with Crippen molar-refractivity contribution in [3.8, 4) is 0 Å². The summed E-state index contributed by atoms with van der Waals surface area (Å²) in [5.41, 5.74) is 1.51. The number of esters is 1. The first-order chi connectivity index (χ1) is 10.7. The quantitative estimate of drug-likeness (QED) is 0.849. The molecular weight excluding hydrogens is 304 g/mol. The second kappa shape index (κ2) is 6.23. The van der Waals surface area contributed by atoms with Gasteiger partial charge in [-0.3, -0.25) is 5.32 Å². The second-order valence-electron chi connectivity index (χ2n) is 4.94. The number of carbonyl (C=O) groups is 2. The van der Waals surface area contributed by atoms with Gasteiger partial charge in [-0.25, -0.2) is 9.59 Å². The lowest BCUT2D eigenvalue weighted by molar-refractivity contribution is 0.0601. The van der Waals surface area contributed by atoms with E-state index in [1.807, 2.05) is 0 Å². The average molecular weight is 320 g/mol. The van der Waals surface area contributed by atoms with Gasteiger partial charge in [0.05, 0.1) is 25.5 Å². The number of ether oxygens (including phenoxy) is 1. The Bertz CT molecular complexity index is 691. The number of anilines is 1. The molecule has 0 aromatic carbocycles. The number of hydrogen-bond acceptors (Lipinski definition) is 5. The van der Waals surface area contributed by atoms with E-state index in [-0.39, 0.29) is 12.6 Å². The summed E-state index contributed by atoms with van der Waals surface area (Å²) >= 11 is 1.45. The molecule has 2 aromatic heterocycles. The predicted molar refractivity (Wildman–Crippen MR) is 82.2 cm³/mol. The lowest BCUT2D eigenvalue weighted by atomic mass is 10.1. The van der Waals surface area contributed by atoms with Crippen LogP contribution in [0.25, 0.3) is 0 Å². The molecule has 22 heavy (non-hydrogen) atoms. The maximum atomic E-state index is 12.0. The molecule has 3 rings (SSSR count). The number of thiophene rings is 1. The lowest BCUT2D eigenvalue weighted by Crippen LogP contribution is -2.28. The van der Waals surface area contributed by atoms with Crippen molar-refractivity contribution in [3.05, 3.63) is 40.2 Å². The van der Waals surface area contributed by atoms with Gasteiger partial charge in [0.15, 0.2) is 0 Å². The molecule has 116 valence electrons. The Morgan fingerprint density at radius 2 is 2.27 bits per heavy atom. The number of amides is 2. The number of fused-ring (bicyclic) bond motifs is 1. The maximum absolute atomic E-state index is 12.0. The molecule has 1 aliphatic carbocycles. The summed E-state index contributed by atoms with van der Waals surface area (Å²) in [5.74, 6) is 0.262. The number of carbonyl (C=O) groups excluding carboxylic acids is 2. The fourth-order valence-electron chi connectivity index (χ4n) is 2.54. The van der Waals surface area contributed by atoms with Crippen molar-refractivity contribution in [2.75, 3.05) is 12.4 Å². The van der Waals surface area contributed by atoms with Gasteiger partial charge in [-0.15, -0.1) is 11.3 Å². The highest BCUT2D eigenvalue weighted by molar-refractivity contribution is 7.17. The molecule has 0 saturated heterocycles. The van der Waals surface area contributed by atoms with Crippen LogP contribution in [0.1, 0.15) is 33.0 Å². The summed E-state index contributed by atoms with van der Waals surface area (Å²) in [6.45, 7) is 0.289. The van der Waals surface area contributed by atoms with E-state index in [1.54, 1.807) is 18.4 Å². The van der Waals surface area contributed by atoms with Crippen molar-refractivity contribution < 1.29 is 18.7 Å². The van der Waals surface area contributed by atoms with Crippen LogP contribution in [-0.4, -0.2) is 19.1 Å². The molecule has 1 aliphatic rings. The van der Waals surface area contributed by atoms with Gasteiger partial charge in [-0.2, -0.15) is 0 Å². The molecule has 0 unspecified atom stereocenters. The third-order valence-electron chi connectivity index (χ3n) is 3.54. The molecule has 2 heterocycles. The molecule has 2 amide bonds. The van der Waals surface area contributed by atoms with E-state index in [1.165, 1.54) is 18.4 Å². The molecule has 0 saturated carbocycles.